The highest BCUT2D eigenvalue weighted by Gasteiger charge is 2.32. The van der Waals surface area contributed by atoms with Gasteiger partial charge in [-0.3, -0.25) is 14.1 Å². The lowest BCUT2D eigenvalue weighted by molar-refractivity contribution is -0.137. The maximum atomic E-state index is 13.0. The summed E-state index contributed by atoms with van der Waals surface area (Å²) in [5.74, 6) is -1.34. The first-order valence-corrected chi connectivity index (χ1v) is 16.0. The molecule has 4 rings (SSSR count). The zero-order valence-electron chi connectivity index (χ0n) is 20.9. The largest absolute Gasteiger partial charge is 0.504 e. The van der Waals surface area contributed by atoms with Gasteiger partial charge in [0.15, 0.2) is 17.3 Å². The van der Waals surface area contributed by atoms with E-state index in [1.54, 1.807) is 12.3 Å². The molecule has 0 unspecified atom stereocenters. The quantitative estimate of drug-likeness (QED) is 0.406. The van der Waals surface area contributed by atoms with Crippen LogP contribution in [0, 0.1) is 0 Å². The molecule has 1 aromatic carbocycles. The van der Waals surface area contributed by atoms with Crippen molar-refractivity contribution < 1.29 is 31.5 Å². The van der Waals surface area contributed by atoms with Crippen LogP contribution in [-0.2, 0) is 29.2 Å². The number of hydrogen-bond acceptors (Lipinski definition) is 6. The van der Waals surface area contributed by atoms with Gasteiger partial charge in [0.2, 0.25) is 10.0 Å². The molecular formula is C25H28F3N4O4PS. The minimum Gasteiger partial charge on any atom is -0.504 e. The number of aromatic nitrogens is 2. The summed E-state index contributed by atoms with van der Waals surface area (Å²) >= 11 is 0. The van der Waals surface area contributed by atoms with Crippen LogP contribution in [0.2, 0.25) is 0 Å². The fraction of sp³-hybridized carbons (Fsp3) is 0.400. The van der Waals surface area contributed by atoms with E-state index in [0.29, 0.717) is 23.8 Å². The number of fused-ring (bicyclic) bond motifs is 1. The number of anilines is 1. The number of nitrogens with zero attached hydrogens (tertiary/aromatic N) is 3. The smallest absolute Gasteiger partial charge is 0.416 e. The van der Waals surface area contributed by atoms with E-state index < -0.39 is 39.1 Å². The maximum absolute atomic E-state index is 13.0. The standard InChI is InChI=1S/C25H28F3N4O4PS/c1-37(2)11-9-17-13-19-20(29-15-17)22(33)21(31-23(19)32-10-3-4-12-38(32,35)36)24(34)30-14-16-5-7-18(8-6-16)25(26,27)28/h5-8,13,15,33H,3-4,9-12,14H2,1-2H3,(H,30,34). The fourth-order valence-corrected chi connectivity index (χ4v) is 6.45. The number of halogens is 3. The Bertz CT molecular complexity index is 1450. The molecule has 0 saturated carbocycles. The minimum atomic E-state index is -4.48. The number of sulfonamides is 1. The highest BCUT2D eigenvalue weighted by molar-refractivity contribution is 7.92. The minimum absolute atomic E-state index is 0.0294. The molecule has 8 nitrogen and oxygen atoms in total. The number of carbonyl (C=O) groups excluding carboxylic acids is 1. The first-order valence-electron chi connectivity index (χ1n) is 12.0. The summed E-state index contributed by atoms with van der Waals surface area (Å²) in [4.78, 5) is 21.7. The topological polar surface area (TPSA) is 112 Å². The molecule has 1 saturated heterocycles. The van der Waals surface area contributed by atoms with Gasteiger partial charge in [0, 0.05) is 24.7 Å². The Labute approximate surface area is 220 Å². The predicted molar refractivity (Wildman–Crippen MR) is 142 cm³/mol. The number of amides is 1. The zero-order valence-corrected chi connectivity index (χ0v) is 22.6. The zero-order chi connectivity index (χ0) is 27.7. The van der Waals surface area contributed by atoms with E-state index in [0.717, 1.165) is 30.3 Å². The van der Waals surface area contributed by atoms with Crippen LogP contribution in [0.25, 0.3) is 10.9 Å². The second-order valence-corrected chi connectivity index (χ2v) is 14.0. The molecule has 0 atom stereocenters. The highest BCUT2D eigenvalue weighted by atomic mass is 32.2. The van der Waals surface area contributed by atoms with Crippen molar-refractivity contribution in [2.75, 3.05) is 36.1 Å². The first kappa shape index (κ1) is 28.0. The molecule has 0 aliphatic carbocycles. The van der Waals surface area contributed by atoms with Crippen LogP contribution in [0.3, 0.4) is 0 Å². The van der Waals surface area contributed by atoms with Gasteiger partial charge in [-0.25, -0.2) is 13.4 Å². The SMILES string of the molecule is CP(C)CCc1cnc2c(O)c(C(=O)NCc3ccc(C(F)(F)F)cc3)nc(N3CCCCS3(=O)=O)c2c1. The number of pyridine rings is 2. The number of alkyl halides is 3. The molecule has 0 radical (unpaired) electrons. The molecule has 1 aliphatic rings. The van der Waals surface area contributed by atoms with Crippen LogP contribution < -0.4 is 9.62 Å². The second-order valence-electron chi connectivity index (χ2n) is 9.40. The summed E-state index contributed by atoms with van der Waals surface area (Å²) in [5.41, 5.74) is 0.0966. The summed E-state index contributed by atoms with van der Waals surface area (Å²) in [6.07, 6.45) is -0.0829. The molecule has 1 aliphatic heterocycles. The lowest BCUT2D eigenvalue weighted by atomic mass is 10.1. The molecule has 38 heavy (non-hydrogen) atoms. The number of rotatable bonds is 7. The van der Waals surface area contributed by atoms with Crippen LogP contribution in [-0.4, -0.2) is 61.2 Å². The van der Waals surface area contributed by atoms with Gasteiger partial charge in [0.05, 0.1) is 11.3 Å². The Hall–Kier alpha value is -2.98. The van der Waals surface area contributed by atoms with Crippen molar-refractivity contribution in [3.8, 4) is 5.75 Å². The fourth-order valence-electron chi connectivity index (χ4n) is 4.14. The van der Waals surface area contributed by atoms with Crippen LogP contribution in [0.1, 0.15) is 40.0 Å². The van der Waals surface area contributed by atoms with E-state index in [1.807, 2.05) is 0 Å². The average molecular weight is 569 g/mol. The number of nitrogens with one attached hydrogen (secondary N) is 1. The molecule has 0 bridgehead atoms. The van der Waals surface area contributed by atoms with Crippen molar-refractivity contribution in [3.63, 3.8) is 0 Å². The lowest BCUT2D eigenvalue weighted by Gasteiger charge is -2.28. The van der Waals surface area contributed by atoms with Gasteiger partial charge in [-0.1, -0.05) is 12.1 Å². The molecule has 1 fully saturated rings. The van der Waals surface area contributed by atoms with Crippen LogP contribution in [0.4, 0.5) is 19.0 Å². The monoisotopic (exact) mass is 568 g/mol. The molecule has 13 heteroatoms. The van der Waals surface area contributed by atoms with E-state index >= 15 is 0 Å². The van der Waals surface area contributed by atoms with Crippen molar-refractivity contribution in [1.29, 1.82) is 0 Å². The molecule has 0 spiro atoms. The maximum Gasteiger partial charge on any atom is 0.416 e. The molecule has 204 valence electrons. The highest BCUT2D eigenvalue weighted by Crippen LogP contribution is 2.36. The van der Waals surface area contributed by atoms with E-state index in [2.05, 4.69) is 28.6 Å². The van der Waals surface area contributed by atoms with Crippen molar-refractivity contribution in [3.05, 3.63) is 58.9 Å². The van der Waals surface area contributed by atoms with Crippen molar-refractivity contribution in [2.24, 2.45) is 0 Å². The summed E-state index contributed by atoms with van der Waals surface area (Å²) < 4.78 is 65.5. The summed E-state index contributed by atoms with van der Waals surface area (Å²) in [6, 6.07) is 6.06. The van der Waals surface area contributed by atoms with Crippen molar-refractivity contribution in [1.82, 2.24) is 15.3 Å². The normalized spacial score (nSPS) is 15.7. The molecule has 1 amide bonds. The first-order chi connectivity index (χ1) is 17.9. The van der Waals surface area contributed by atoms with E-state index in [1.165, 1.54) is 16.4 Å². The van der Waals surface area contributed by atoms with Gasteiger partial charge in [-0.2, -0.15) is 13.2 Å². The summed E-state index contributed by atoms with van der Waals surface area (Å²) in [7, 11) is -3.85. The third kappa shape index (κ3) is 6.18. The van der Waals surface area contributed by atoms with E-state index in [4.69, 9.17) is 0 Å². The van der Waals surface area contributed by atoms with E-state index in [9.17, 15) is 31.5 Å². The molecule has 3 heterocycles. The van der Waals surface area contributed by atoms with Crippen LogP contribution in [0.15, 0.2) is 36.5 Å². The van der Waals surface area contributed by atoms with Gasteiger partial charge in [0.1, 0.15) is 5.52 Å². The number of benzene rings is 1. The Morgan fingerprint density at radius 2 is 1.87 bits per heavy atom. The van der Waals surface area contributed by atoms with Crippen LogP contribution in [0.5, 0.6) is 5.75 Å². The Morgan fingerprint density at radius 3 is 2.50 bits per heavy atom. The molecule has 2 aromatic heterocycles. The number of hydrogen-bond donors (Lipinski definition) is 2. The Kier molecular flexibility index (Phi) is 8.13. The second kappa shape index (κ2) is 11.0. The van der Waals surface area contributed by atoms with Crippen LogP contribution >= 0.6 is 7.92 Å². The third-order valence-corrected chi connectivity index (χ3v) is 9.18. The third-order valence-electron chi connectivity index (χ3n) is 6.23. The Morgan fingerprint density at radius 1 is 1.16 bits per heavy atom. The number of aromatic hydroxyl groups is 1. The van der Waals surface area contributed by atoms with Crippen molar-refractivity contribution in [2.45, 2.75) is 32.0 Å². The van der Waals surface area contributed by atoms with Gasteiger partial charge in [-0.15, -0.1) is 7.92 Å². The molecular weight excluding hydrogens is 540 g/mol. The van der Waals surface area contributed by atoms with Gasteiger partial charge < -0.3 is 10.4 Å². The molecule has 3 aromatic rings. The Balaban J connectivity index is 1.70. The van der Waals surface area contributed by atoms with Gasteiger partial charge in [0.25, 0.3) is 5.91 Å². The number of carbonyl (C=O) groups is 1. The van der Waals surface area contributed by atoms with E-state index in [-0.39, 0.29) is 38.1 Å². The molecule has 2 N–H and O–H groups in total. The lowest BCUT2D eigenvalue weighted by Crippen LogP contribution is -2.39. The summed E-state index contributed by atoms with van der Waals surface area (Å²) in [6.45, 7) is 4.36. The average Bonchev–Trinajstić information content (AvgIpc) is 2.86. The summed E-state index contributed by atoms with van der Waals surface area (Å²) in [5, 5.41) is 13.8. The predicted octanol–water partition coefficient (Wildman–Crippen LogP) is 4.50. The van der Waals surface area contributed by atoms with Gasteiger partial charge in [-0.05, 0) is 68.1 Å². The number of aryl methyl sites for hydroxylation is 1. The van der Waals surface area contributed by atoms with Gasteiger partial charge >= 0.3 is 6.18 Å². The van der Waals surface area contributed by atoms with Crippen molar-refractivity contribution >= 4 is 40.6 Å².